The van der Waals surface area contributed by atoms with Crippen LogP contribution in [0.1, 0.15) is 11.1 Å². The zero-order valence-electron chi connectivity index (χ0n) is 14.6. The highest BCUT2D eigenvalue weighted by atomic mass is 32.2. The molecule has 0 aliphatic heterocycles. The minimum atomic E-state index is -4.85. The molecule has 1 heterocycles. The molecule has 0 fully saturated rings. The quantitative estimate of drug-likeness (QED) is 0.663. The van der Waals surface area contributed by atoms with E-state index in [1.54, 1.807) is 6.92 Å². The van der Waals surface area contributed by atoms with E-state index in [4.69, 9.17) is 0 Å². The van der Waals surface area contributed by atoms with Gasteiger partial charge >= 0.3 is 6.18 Å². The molecule has 0 saturated heterocycles. The molecule has 0 aliphatic rings. The van der Waals surface area contributed by atoms with Crippen molar-refractivity contribution < 1.29 is 26.0 Å². The SMILES string of the molecule is Cc1ccc(F)cc1NS(=O)(=O)c1ccc2c(c1)c(C(F)(F)F)cc(=O)n2C. The molecule has 3 rings (SSSR count). The van der Waals surface area contributed by atoms with Gasteiger partial charge in [-0.15, -0.1) is 0 Å². The fraction of sp³-hybridized carbons (Fsp3) is 0.167. The Morgan fingerprint density at radius 1 is 1.04 bits per heavy atom. The van der Waals surface area contributed by atoms with Gasteiger partial charge < -0.3 is 4.57 Å². The summed E-state index contributed by atoms with van der Waals surface area (Å²) in [5, 5.41) is -0.437. The first-order valence-electron chi connectivity index (χ1n) is 7.90. The molecule has 0 bridgehead atoms. The van der Waals surface area contributed by atoms with E-state index in [9.17, 15) is 30.8 Å². The maximum Gasteiger partial charge on any atom is 0.417 e. The minimum Gasteiger partial charge on any atom is -0.311 e. The van der Waals surface area contributed by atoms with Gasteiger partial charge in [-0.25, -0.2) is 12.8 Å². The lowest BCUT2D eigenvalue weighted by Gasteiger charge is -2.15. The Morgan fingerprint density at radius 2 is 1.71 bits per heavy atom. The number of pyridine rings is 1. The van der Waals surface area contributed by atoms with Gasteiger partial charge in [0.15, 0.2) is 0 Å². The van der Waals surface area contributed by atoms with Gasteiger partial charge in [0.1, 0.15) is 5.82 Å². The number of halogens is 4. The largest absolute Gasteiger partial charge is 0.417 e. The third-order valence-corrected chi connectivity index (χ3v) is 5.64. The molecule has 0 atom stereocenters. The number of aromatic nitrogens is 1. The number of alkyl halides is 3. The second kappa shape index (κ2) is 6.62. The molecular formula is C18H14F4N2O3S. The maximum atomic E-state index is 13.4. The number of hydrogen-bond acceptors (Lipinski definition) is 3. The van der Waals surface area contributed by atoms with E-state index in [0.717, 1.165) is 34.9 Å². The van der Waals surface area contributed by atoms with Crippen molar-refractivity contribution in [1.29, 1.82) is 0 Å². The van der Waals surface area contributed by atoms with Gasteiger partial charge in [0.05, 0.1) is 21.7 Å². The lowest BCUT2D eigenvalue weighted by atomic mass is 10.1. The van der Waals surface area contributed by atoms with Crippen molar-refractivity contribution in [3.05, 3.63) is 69.8 Å². The second-order valence-corrected chi connectivity index (χ2v) is 7.88. The third-order valence-electron chi connectivity index (χ3n) is 4.28. The first kappa shape index (κ1) is 19.9. The molecule has 3 aromatic rings. The summed E-state index contributed by atoms with van der Waals surface area (Å²) in [4.78, 5) is 11.3. The predicted molar refractivity (Wildman–Crippen MR) is 96.1 cm³/mol. The summed E-state index contributed by atoms with van der Waals surface area (Å²) in [7, 11) is -3.02. The Kier molecular flexibility index (Phi) is 4.70. The molecule has 2 aromatic carbocycles. The van der Waals surface area contributed by atoms with Crippen molar-refractivity contribution in [2.45, 2.75) is 18.0 Å². The van der Waals surface area contributed by atoms with Gasteiger partial charge in [0.2, 0.25) is 0 Å². The number of nitrogens with one attached hydrogen (secondary N) is 1. The second-order valence-electron chi connectivity index (χ2n) is 6.20. The van der Waals surface area contributed by atoms with Crippen molar-refractivity contribution in [1.82, 2.24) is 4.57 Å². The van der Waals surface area contributed by atoms with Crippen molar-refractivity contribution in [2.75, 3.05) is 4.72 Å². The van der Waals surface area contributed by atoms with Crippen LogP contribution in [0, 0.1) is 12.7 Å². The number of benzene rings is 2. The summed E-state index contributed by atoms with van der Waals surface area (Å²) in [6, 6.07) is 6.96. The van der Waals surface area contributed by atoms with Crippen LogP contribution in [0.25, 0.3) is 10.9 Å². The van der Waals surface area contributed by atoms with Crippen LogP contribution in [0.5, 0.6) is 0 Å². The van der Waals surface area contributed by atoms with E-state index < -0.39 is 43.4 Å². The highest BCUT2D eigenvalue weighted by molar-refractivity contribution is 7.92. The van der Waals surface area contributed by atoms with Crippen LogP contribution in [0.2, 0.25) is 0 Å². The van der Waals surface area contributed by atoms with Gasteiger partial charge in [-0.2, -0.15) is 13.2 Å². The summed E-state index contributed by atoms with van der Waals surface area (Å²) in [5.74, 6) is -0.670. The summed E-state index contributed by atoms with van der Waals surface area (Å²) < 4.78 is 81.9. The van der Waals surface area contributed by atoms with Crippen LogP contribution in [-0.4, -0.2) is 13.0 Å². The monoisotopic (exact) mass is 414 g/mol. The van der Waals surface area contributed by atoms with Crippen molar-refractivity contribution >= 4 is 26.6 Å². The van der Waals surface area contributed by atoms with Crippen molar-refractivity contribution in [3.63, 3.8) is 0 Å². The van der Waals surface area contributed by atoms with Crippen LogP contribution in [-0.2, 0) is 23.2 Å². The average Bonchev–Trinajstić information content (AvgIpc) is 2.59. The van der Waals surface area contributed by atoms with Crippen LogP contribution in [0.4, 0.5) is 23.2 Å². The summed E-state index contributed by atoms with van der Waals surface area (Å²) in [6.07, 6.45) is -4.85. The predicted octanol–water partition coefficient (Wildman–Crippen LogP) is 3.81. The third kappa shape index (κ3) is 3.59. The molecule has 0 spiro atoms. The van der Waals surface area contributed by atoms with E-state index >= 15 is 0 Å². The van der Waals surface area contributed by atoms with E-state index in [1.165, 1.54) is 13.1 Å². The molecule has 28 heavy (non-hydrogen) atoms. The van der Waals surface area contributed by atoms with E-state index in [-0.39, 0.29) is 11.2 Å². The van der Waals surface area contributed by atoms with E-state index in [1.807, 2.05) is 0 Å². The first-order chi connectivity index (χ1) is 12.9. The Morgan fingerprint density at radius 3 is 2.36 bits per heavy atom. The molecule has 0 saturated carbocycles. The fourth-order valence-electron chi connectivity index (χ4n) is 2.75. The van der Waals surface area contributed by atoms with Crippen LogP contribution in [0.3, 0.4) is 0 Å². The molecule has 0 radical (unpaired) electrons. The number of aryl methyl sites for hydroxylation is 2. The zero-order valence-corrected chi connectivity index (χ0v) is 15.5. The van der Waals surface area contributed by atoms with Crippen LogP contribution < -0.4 is 10.3 Å². The number of anilines is 1. The fourth-order valence-corrected chi connectivity index (χ4v) is 3.90. The van der Waals surface area contributed by atoms with Crippen LogP contribution >= 0.6 is 0 Å². The van der Waals surface area contributed by atoms with Crippen molar-refractivity contribution in [3.8, 4) is 0 Å². The molecule has 0 aliphatic carbocycles. The molecule has 1 aromatic heterocycles. The molecule has 5 nitrogen and oxygen atoms in total. The Bertz CT molecular complexity index is 1250. The van der Waals surface area contributed by atoms with Gasteiger partial charge in [-0.05, 0) is 42.8 Å². The number of sulfonamides is 1. The molecule has 10 heteroatoms. The Hall–Kier alpha value is -2.88. The highest BCUT2D eigenvalue weighted by Crippen LogP contribution is 2.34. The van der Waals surface area contributed by atoms with Gasteiger partial charge in [0, 0.05) is 18.5 Å². The van der Waals surface area contributed by atoms with E-state index in [2.05, 4.69) is 4.72 Å². The molecular weight excluding hydrogens is 400 g/mol. The number of fused-ring (bicyclic) bond motifs is 1. The number of nitrogens with zero attached hydrogens (tertiary/aromatic N) is 1. The van der Waals surface area contributed by atoms with Gasteiger partial charge in [0.25, 0.3) is 15.6 Å². The number of rotatable bonds is 3. The summed E-state index contributed by atoms with van der Waals surface area (Å²) >= 11 is 0. The summed E-state index contributed by atoms with van der Waals surface area (Å²) in [5.41, 5.74) is -1.77. The first-order valence-corrected chi connectivity index (χ1v) is 9.38. The lowest BCUT2D eigenvalue weighted by Crippen LogP contribution is -2.21. The van der Waals surface area contributed by atoms with Gasteiger partial charge in [-0.1, -0.05) is 6.07 Å². The maximum absolute atomic E-state index is 13.4. The highest BCUT2D eigenvalue weighted by Gasteiger charge is 2.34. The topological polar surface area (TPSA) is 68.2 Å². The smallest absolute Gasteiger partial charge is 0.311 e. The molecule has 0 unspecified atom stereocenters. The standard InChI is InChI=1S/C18H14F4N2O3S/c1-10-3-4-11(19)7-15(10)23-28(26,27)12-5-6-16-13(8-12)14(18(20,21)22)9-17(25)24(16)2/h3-9,23H,1-2H3. The zero-order chi connectivity index (χ0) is 20.9. The normalized spacial score (nSPS) is 12.4. The summed E-state index contributed by atoms with van der Waals surface area (Å²) in [6.45, 7) is 1.55. The molecule has 148 valence electrons. The van der Waals surface area contributed by atoms with Crippen LogP contribution in [0.15, 0.2) is 52.2 Å². The number of hydrogen-bond donors (Lipinski definition) is 1. The Balaban J connectivity index is 2.20. The molecule has 0 amide bonds. The van der Waals surface area contributed by atoms with Crippen molar-refractivity contribution in [2.24, 2.45) is 7.05 Å². The Labute approximate surface area is 157 Å². The molecule has 1 N–H and O–H groups in total. The van der Waals surface area contributed by atoms with E-state index in [0.29, 0.717) is 11.6 Å². The minimum absolute atomic E-state index is 0.0309. The van der Waals surface area contributed by atoms with Gasteiger partial charge in [-0.3, -0.25) is 9.52 Å². The average molecular weight is 414 g/mol. The lowest BCUT2D eigenvalue weighted by molar-refractivity contribution is -0.136.